The van der Waals surface area contributed by atoms with E-state index in [0.717, 1.165) is 24.7 Å². The number of aliphatic imine (C=N–C) groups is 1. The van der Waals surface area contributed by atoms with E-state index in [1.807, 2.05) is 24.6 Å². The Kier molecular flexibility index (Phi) is 7.82. The number of rotatable bonds is 7. The van der Waals surface area contributed by atoms with Crippen molar-refractivity contribution >= 4 is 29.2 Å². The van der Waals surface area contributed by atoms with Crippen LogP contribution in [0.1, 0.15) is 23.7 Å². The quantitative estimate of drug-likeness (QED) is 0.555. The van der Waals surface area contributed by atoms with Gasteiger partial charge in [0.15, 0.2) is 5.96 Å². The van der Waals surface area contributed by atoms with E-state index < -0.39 is 0 Å². The lowest BCUT2D eigenvalue weighted by Crippen LogP contribution is -2.37. The zero-order chi connectivity index (χ0) is 19.1. The maximum Gasteiger partial charge on any atom is 0.191 e. The van der Waals surface area contributed by atoms with Gasteiger partial charge in [0.1, 0.15) is 5.15 Å². The van der Waals surface area contributed by atoms with E-state index in [9.17, 15) is 0 Å². The standard InChI is InChI=1S/C19H27Cl2N5/c1-5-22-19(24-12-16-10-17(20)18(21)26(16)4)23-11-14-7-6-8-15(9-14)13-25(2)3/h6-10H,5,11-13H2,1-4H3,(H2,22,23,24). The number of nitrogens with one attached hydrogen (secondary N) is 2. The van der Waals surface area contributed by atoms with Crippen molar-refractivity contribution in [1.82, 2.24) is 20.1 Å². The Labute approximate surface area is 166 Å². The molecular formula is C19H27Cl2N5. The van der Waals surface area contributed by atoms with Gasteiger partial charge in [0.25, 0.3) is 0 Å². The maximum atomic E-state index is 6.12. The molecule has 0 amide bonds. The van der Waals surface area contributed by atoms with Gasteiger partial charge in [-0.3, -0.25) is 0 Å². The van der Waals surface area contributed by atoms with E-state index in [0.29, 0.717) is 23.3 Å². The lowest BCUT2D eigenvalue weighted by atomic mass is 10.1. The molecule has 2 rings (SSSR count). The molecule has 0 saturated heterocycles. The molecule has 2 aromatic rings. The topological polar surface area (TPSA) is 44.6 Å². The van der Waals surface area contributed by atoms with Crippen LogP contribution in [0.5, 0.6) is 0 Å². The van der Waals surface area contributed by atoms with Crippen LogP contribution in [0.15, 0.2) is 35.3 Å². The lowest BCUT2D eigenvalue weighted by Gasteiger charge is -2.13. The Morgan fingerprint density at radius 2 is 1.88 bits per heavy atom. The van der Waals surface area contributed by atoms with E-state index in [2.05, 4.69) is 58.9 Å². The minimum atomic E-state index is 0.545. The normalized spacial score (nSPS) is 11.9. The first kappa shape index (κ1) is 20.6. The van der Waals surface area contributed by atoms with Crippen LogP contribution < -0.4 is 10.6 Å². The Morgan fingerprint density at radius 1 is 1.15 bits per heavy atom. The van der Waals surface area contributed by atoms with E-state index in [4.69, 9.17) is 23.2 Å². The number of benzene rings is 1. The Hall–Kier alpha value is -1.69. The van der Waals surface area contributed by atoms with Gasteiger partial charge in [-0.25, -0.2) is 4.99 Å². The van der Waals surface area contributed by atoms with Gasteiger partial charge in [-0.15, -0.1) is 0 Å². The van der Waals surface area contributed by atoms with E-state index in [-0.39, 0.29) is 0 Å². The molecular weight excluding hydrogens is 369 g/mol. The van der Waals surface area contributed by atoms with Crippen molar-refractivity contribution in [2.75, 3.05) is 20.6 Å². The van der Waals surface area contributed by atoms with Crippen molar-refractivity contribution in [3.63, 3.8) is 0 Å². The maximum absolute atomic E-state index is 6.12. The van der Waals surface area contributed by atoms with Gasteiger partial charge in [0.05, 0.1) is 18.1 Å². The van der Waals surface area contributed by atoms with Crippen LogP contribution >= 0.6 is 23.2 Å². The molecule has 142 valence electrons. The Morgan fingerprint density at radius 3 is 2.50 bits per heavy atom. The molecule has 0 aliphatic heterocycles. The summed E-state index contributed by atoms with van der Waals surface area (Å²) in [5, 5.41) is 7.70. The highest BCUT2D eigenvalue weighted by atomic mass is 35.5. The molecule has 1 heterocycles. The molecule has 0 aliphatic carbocycles. The smallest absolute Gasteiger partial charge is 0.191 e. The summed E-state index contributed by atoms with van der Waals surface area (Å²) in [6.45, 7) is 4.97. The molecule has 5 nitrogen and oxygen atoms in total. The highest BCUT2D eigenvalue weighted by Crippen LogP contribution is 2.24. The summed E-state index contributed by atoms with van der Waals surface area (Å²) < 4.78 is 1.87. The van der Waals surface area contributed by atoms with Gasteiger partial charge in [-0.1, -0.05) is 47.5 Å². The fourth-order valence-corrected chi connectivity index (χ4v) is 3.05. The van der Waals surface area contributed by atoms with Crippen molar-refractivity contribution in [3.8, 4) is 0 Å². The van der Waals surface area contributed by atoms with Gasteiger partial charge in [-0.05, 0) is 38.2 Å². The van der Waals surface area contributed by atoms with Gasteiger partial charge < -0.3 is 20.1 Å². The summed E-state index contributed by atoms with van der Waals surface area (Å²) >= 11 is 12.2. The first-order chi connectivity index (χ1) is 12.4. The minimum Gasteiger partial charge on any atom is -0.357 e. The Bertz CT molecular complexity index is 752. The number of aromatic nitrogens is 1. The second-order valence-corrected chi connectivity index (χ2v) is 7.21. The average molecular weight is 396 g/mol. The van der Waals surface area contributed by atoms with Crippen molar-refractivity contribution < 1.29 is 0 Å². The lowest BCUT2D eigenvalue weighted by molar-refractivity contribution is 0.402. The average Bonchev–Trinajstić information content (AvgIpc) is 2.84. The number of guanidine groups is 1. The van der Waals surface area contributed by atoms with Crippen LogP contribution in [0.3, 0.4) is 0 Å². The zero-order valence-corrected chi connectivity index (χ0v) is 17.3. The van der Waals surface area contributed by atoms with Crippen LogP contribution in [0.4, 0.5) is 0 Å². The van der Waals surface area contributed by atoms with Crippen LogP contribution in [-0.2, 0) is 26.7 Å². The zero-order valence-electron chi connectivity index (χ0n) is 15.8. The number of halogens is 2. The summed E-state index contributed by atoms with van der Waals surface area (Å²) in [7, 11) is 6.03. The van der Waals surface area contributed by atoms with Crippen molar-refractivity contribution in [2.45, 2.75) is 26.6 Å². The second kappa shape index (κ2) is 9.86. The van der Waals surface area contributed by atoms with Crippen molar-refractivity contribution in [2.24, 2.45) is 12.0 Å². The van der Waals surface area contributed by atoms with E-state index in [1.54, 1.807) is 0 Å². The van der Waals surface area contributed by atoms with Gasteiger partial charge >= 0.3 is 0 Å². The molecule has 0 bridgehead atoms. The van der Waals surface area contributed by atoms with Crippen molar-refractivity contribution in [1.29, 1.82) is 0 Å². The molecule has 0 saturated carbocycles. The van der Waals surface area contributed by atoms with E-state index >= 15 is 0 Å². The highest BCUT2D eigenvalue weighted by molar-refractivity contribution is 6.41. The molecule has 2 N–H and O–H groups in total. The second-order valence-electron chi connectivity index (χ2n) is 6.44. The first-order valence-electron chi connectivity index (χ1n) is 8.65. The predicted octanol–water partition coefficient (Wildman–Crippen LogP) is 3.65. The molecule has 0 aliphatic rings. The van der Waals surface area contributed by atoms with Gasteiger partial charge in [0, 0.05) is 25.8 Å². The monoisotopic (exact) mass is 395 g/mol. The van der Waals surface area contributed by atoms with Crippen LogP contribution in [-0.4, -0.2) is 36.1 Å². The summed E-state index contributed by atoms with van der Waals surface area (Å²) in [5.74, 6) is 0.763. The van der Waals surface area contributed by atoms with Gasteiger partial charge in [-0.2, -0.15) is 0 Å². The van der Waals surface area contributed by atoms with Gasteiger partial charge in [0.2, 0.25) is 0 Å². The summed E-state index contributed by atoms with van der Waals surface area (Å²) in [6.07, 6.45) is 0. The van der Waals surface area contributed by atoms with Crippen LogP contribution in [0, 0.1) is 0 Å². The SMILES string of the molecule is CCNC(=NCc1cccc(CN(C)C)c1)NCc1cc(Cl)c(Cl)n1C. The third kappa shape index (κ3) is 5.94. The number of hydrogen-bond acceptors (Lipinski definition) is 2. The van der Waals surface area contributed by atoms with Crippen molar-refractivity contribution in [3.05, 3.63) is 57.3 Å². The molecule has 7 heteroatoms. The fraction of sp³-hybridized carbons (Fsp3) is 0.421. The molecule has 0 atom stereocenters. The predicted molar refractivity (Wildman–Crippen MR) is 111 cm³/mol. The molecule has 0 fully saturated rings. The minimum absolute atomic E-state index is 0.545. The largest absolute Gasteiger partial charge is 0.357 e. The van der Waals surface area contributed by atoms with E-state index in [1.165, 1.54) is 11.1 Å². The molecule has 1 aromatic carbocycles. The third-order valence-electron chi connectivity index (χ3n) is 3.91. The summed E-state index contributed by atoms with van der Waals surface area (Å²) in [6, 6.07) is 10.4. The highest BCUT2D eigenvalue weighted by Gasteiger charge is 2.09. The first-order valence-corrected chi connectivity index (χ1v) is 9.40. The molecule has 0 unspecified atom stereocenters. The number of hydrogen-bond donors (Lipinski definition) is 2. The Balaban J connectivity index is 2.03. The number of nitrogens with zero attached hydrogens (tertiary/aromatic N) is 3. The summed E-state index contributed by atoms with van der Waals surface area (Å²) in [4.78, 5) is 6.84. The molecule has 26 heavy (non-hydrogen) atoms. The molecule has 0 radical (unpaired) electrons. The van der Waals surface area contributed by atoms with Crippen LogP contribution in [0.2, 0.25) is 10.2 Å². The summed E-state index contributed by atoms with van der Waals surface area (Å²) in [5.41, 5.74) is 3.47. The fourth-order valence-electron chi connectivity index (χ4n) is 2.64. The molecule has 0 spiro atoms. The third-order valence-corrected chi connectivity index (χ3v) is 4.75. The van der Waals surface area contributed by atoms with Crippen LogP contribution in [0.25, 0.3) is 0 Å². The molecule has 1 aromatic heterocycles.